The smallest absolute Gasteiger partial charge is 0.212 e. The Morgan fingerprint density at radius 3 is 2.53 bits per heavy atom. The third-order valence-electron chi connectivity index (χ3n) is 2.62. The molecule has 0 aliphatic rings. The number of hydrogen-bond donors (Lipinski definition) is 1. The van der Waals surface area contributed by atoms with Gasteiger partial charge in [0.05, 0.1) is 11.0 Å². The van der Waals surface area contributed by atoms with Crippen molar-refractivity contribution in [3.8, 4) is 12.3 Å². The van der Waals surface area contributed by atoms with Crippen molar-refractivity contribution < 1.29 is 13.5 Å². The van der Waals surface area contributed by atoms with Gasteiger partial charge in [-0.2, -0.15) is 0 Å². The second-order valence-electron chi connectivity index (χ2n) is 3.97. The van der Waals surface area contributed by atoms with Crippen LogP contribution in [-0.2, 0) is 9.84 Å². The molecular weight excluding hydrogens is 260 g/mol. The minimum atomic E-state index is -3.75. The lowest BCUT2D eigenvalue weighted by atomic mass is 10.1. The van der Waals surface area contributed by atoms with Crippen LogP contribution in [0.4, 0.5) is 0 Å². The predicted molar refractivity (Wildman–Crippen MR) is 75.0 cm³/mol. The van der Waals surface area contributed by atoms with Crippen LogP contribution in [0.15, 0.2) is 52.4 Å². The fraction of sp³-hybridized carbons (Fsp3) is 0.267. The number of aliphatic hydroxyl groups excluding tert-OH is 1. The van der Waals surface area contributed by atoms with Gasteiger partial charge in [-0.05, 0) is 25.0 Å². The highest BCUT2D eigenvalue weighted by molar-refractivity contribution is 7.95. The average molecular weight is 276 g/mol. The van der Waals surface area contributed by atoms with Crippen LogP contribution < -0.4 is 0 Å². The summed E-state index contributed by atoms with van der Waals surface area (Å²) in [5, 5.41) is 9.95. The van der Waals surface area contributed by atoms with Crippen LogP contribution in [0.25, 0.3) is 0 Å². The van der Waals surface area contributed by atoms with Gasteiger partial charge in [-0.15, -0.1) is 18.1 Å². The standard InChI is InChI=1S/C15H16O3S/c1-3-5-7-12-14(16)15(4-2)19(17,18)13-10-8-6-9-11-13/h1,6,8-11,14,16H,2,5,7,12H2. The first-order valence-electron chi connectivity index (χ1n) is 5.85. The number of rotatable bonds is 6. The van der Waals surface area contributed by atoms with Crippen molar-refractivity contribution in [2.75, 3.05) is 0 Å². The molecule has 19 heavy (non-hydrogen) atoms. The van der Waals surface area contributed by atoms with Crippen molar-refractivity contribution in [1.82, 2.24) is 0 Å². The van der Waals surface area contributed by atoms with E-state index in [2.05, 4.69) is 18.2 Å². The van der Waals surface area contributed by atoms with Crippen LogP contribution in [-0.4, -0.2) is 19.6 Å². The Morgan fingerprint density at radius 1 is 1.37 bits per heavy atom. The van der Waals surface area contributed by atoms with Gasteiger partial charge in [0.15, 0.2) is 0 Å². The van der Waals surface area contributed by atoms with Crippen LogP contribution >= 0.6 is 0 Å². The van der Waals surface area contributed by atoms with Gasteiger partial charge in [0.1, 0.15) is 4.91 Å². The van der Waals surface area contributed by atoms with E-state index in [4.69, 9.17) is 6.42 Å². The quantitative estimate of drug-likeness (QED) is 0.493. The number of sulfone groups is 1. The van der Waals surface area contributed by atoms with E-state index >= 15 is 0 Å². The molecule has 1 unspecified atom stereocenters. The molecule has 1 atom stereocenters. The van der Waals surface area contributed by atoms with E-state index in [1.54, 1.807) is 18.2 Å². The van der Waals surface area contributed by atoms with E-state index < -0.39 is 15.9 Å². The van der Waals surface area contributed by atoms with Gasteiger partial charge in [0, 0.05) is 6.42 Å². The molecule has 0 radical (unpaired) electrons. The normalized spacial score (nSPS) is 12.2. The lowest BCUT2D eigenvalue weighted by Crippen LogP contribution is -2.18. The SMILES string of the molecule is C#CCCCC(O)C(=C=C)S(=O)(=O)c1ccccc1. The molecule has 0 fully saturated rings. The maximum Gasteiger partial charge on any atom is 0.212 e. The van der Waals surface area contributed by atoms with E-state index in [1.807, 2.05) is 0 Å². The third kappa shape index (κ3) is 3.84. The summed E-state index contributed by atoms with van der Waals surface area (Å²) in [6.07, 6.45) is 5.30. The third-order valence-corrected chi connectivity index (χ3v) is 4.51. The van der Waals surface area contributed by atoms with Crippen LogP contribution in [0.5, 0.6) is 0 Å². The summed E-state index contributed by atoms with van der Waals surface area (Å²) in [5.74, 6) is 2.44. The van der Waals surface area contributed by atoms with Gasteiger partial charge in [-0.25, -0.2) is 8.42 Å². The lowest BCUT2D eigenvalue weighted by Gasteiger charge is -2.13. The van der Waals surface area contributed by atoms with Gasteiger partial charge >= 0.3 is 0 Å². The fourth-order valence-corrected chi connectivity index (χ4v) is 3.08. The number of terminal acetylenes is 1. The summed E-state index contributed by atoms with van der Waals surface area (Å²) in [7, 11) is -3.75. The first-order chi connectivity index (χ1) is 9.04. The second-order valence-corrected chi connectivity index (χ2v) is 5.89. The molecule has 0 bridgehead atoms. The van der Waals surface area contributed by atoms with E-state index in [1.165, 1.54) is 12.1 Å². The minimum Gasteiger partial charge on any atom is -0.387 e. The molecule has 1 aromatic rings. The number of unbranched alkanes of at least 4 members (excludes halogenated alkanes) is 1. The summed E-state index contributed by atoms with van der Waals surface area (Å²) >= 11 is 0. The van der Waals surface area contributed by atoms with Crippen molar-refractivity contribution >= 4 is 9.84 Å². The zero-order chi connectivity index (χ0) is 14.3. The largest absolute Gasteiger partial charge is 0.387 e. The zero-order valence-corrected chi connectivity index (χ0v) is 11.4. The van der Waals surface area contributed by atoms with Crippen molar-refractivity contribution in [3.05, 3.63) is 47.5 Å². The molecule has 0 saturated heterocycles. The summed E-state index contributed by atoms with van der Waals surface area (Å²) in [6, 6.07) is 7.91. The molecule has 3 nitrogen and oxygen atoms in total. The highest BCUT2D eigenvalue weighted by atomic mass is 32.2. The molecule has 0 aliphatic carbocycles. The van der Waals surface area contributed by atoms with Gasteiger partial charge in [0.25, 0.3) is 0 Å². The van der Waals surface area contributed by atoms with Crippen LogP contribution in [0, 0.1) is 12.3 Å². The zero-order valence-electron chi connectivity index (χ0n) is 10.5. The summed E-state index contributed by atoms with van der Waals surface area (Å²) in [6.45, 7) is 3.36. The van der Waals surface area contributed by atoms with Gasteiger partial charge < -0.3 is 5.11 Å². The molecule has 0 amide bonds. The Morgan fingerprint density at radius 2 is 2.00 bits per heavy atom. The van der Waals surface area contributed by atoms with E-state index in [9.17, 15) is 13.5 Å². The lowest BCUT2D eigenvalue weighted by molar-refractivity contribution is 0.205. The molecule has 0 aromatic heterocycles. The van der Waals surface area contributed by atoms with Gasteiger partial charge in [-0.1, -0.05) is 24.8 Å². The van der Waals surface area contributed by atoms with Crippen molar-refractivity contribution in [2.45, 2.75) is 30.3 Å². The molecule has 0 heterocycles. The fourth-order valence-electron chi connectivity index (χ4n) is 1.65. The van der Waals surface area contributed by atoms with Crippen molar-refractivity contribution in [3.63, 3.8) is 0 Å². The van der Waals surface area contributed by atoms with Crippen LogP contribution in [0.2, 0.25) is 0 Å². The van der Waals surface area contributed by atoms with Crippen molar-refractivity contribution in [2.24, 2.45) is 0 Å². The van der Waals surface area contributed by atoms with Crippen molar-refractivity contribution in [1.29, 1.82) is 0 Å². The molecule has 0 saturated carbocycles. The number of aliphatic hydroxyl groups is 1. The monoisotopic (exact) mass is 276 g/mol. The molecule has 4 heteroatoms. The molecule has 0 spiro atoms. The topological polar surface area (TPSA) is 54.4 Å². The highest BCUT2D eigenvalue weighted by Gasteiger charge is 2.26. The van der Waals surface area contributed by atoms with Gasteiger partial charge in [-0.3, -0.25) is 0 Å². The Bertz CT molecular complexity index is 603. The second kappa shape index (κ2) is 6.96. The van der Waals surface area contributed by atoms with Gasteiger partial charge in [0.2, 0.25) is 9.84 Å². The Hall–Kier alpha value is -1.79. The maximum atomic E-state index is 12.3. The van der Waals surface area contributed by atoms with Crippen LogP contribution in [0.1, 0.15) is 19.3 Å². The van der Waals surface area contributed by atoms with E-state index in [0.717, 1.165) is 0 Å². The number of benzene rings is 1. The molecular formula is C15H16O3S. The van der Waals surface area contributed by atoms with E-state index in [-0.39, 0.29) is 16.2 Å². The Kier molecular flexibility index (Phi) is 5.59. The first kappa shape index (κ1) is 15.3. The highest BCUT2D eigenvalue weighted by Crippen LogP contribution is 2.23. The molecule has 1 aromatic carbocycles. The first-order valence-corrected chi connectivity index (χ1v) is 7.34. The maximum absolute atomic E-state index is 12.3. The summed E-state index contributed by atoms with van der Waals surface area (Å²) in [4.78, 5) is -0.0760. The molecule has 0 aliphatic heterocycles. The Labute approximate surface area is 114 Å². The molecule has 1 rings (SSSR count). The Balaban J connectivity index is 2.99. The van der Waals surface area contributed by atoms with E-state index in [0.29, 0.717) is 12.8 Å². The van der Waals surface area contributed by atoms with Crippen LogP contribution in [0.3, 0.4) is 0 Å². The average Bonchev–Trinajstić information content (AvgIpc) is 2.40. The molecule has 100 valence electrons. The summed E-state index contributed by atoms with van der Waals surface area (Å²) in [5.41, 5.74) is 2.34. The minimum absolute atomic E-state index is 0.122. The molecule has 1 N–H and O–H groups in total. The number of hydrogen-bond acceptors (Lipinski definition) is 3. The predicted octanol–water partition coefficient (Wildman–Crippen LogP) is 2.29. The summed E-state index contributed by atoms with van der Waals surface area (Å²) < 4.78 is 24.6.